The van der Waals surface area contributed by atoms with Crippen molar-refractivity contribution >= 4 is 16.8 Å². The summed E-state index contributed by atoms with van der Waals surface area (Å²) in [7, 11) is 0. The molecule has 0 unspecified atom stereocenters. The fraction of sp³-hybridized carbons (Fsp3) is 0.133. The smallest absolute Gasteiger partial charge is 0.233 e. The van der Waals surface area contributed by atoms with Gasteiger partial charge in [-0.3, -0.25) is 0 Å². The molecule has 4 nitrogen and oxygen atoms in total. The standard InChI is InChI=1S/C15H14N2O2/c1-10-3-2-4-12(7-10)18-9-15-17-13-6-5-11(16)8-14(13)19-15/h2-8H,9,16H2,1H3. The van der Waals surface area contributed by atoms with E-state index in [9.17, 15) is 0 Å². The van der Waals surface area contributed by atoms with E-state index in [1.165, 1.54) is 0 Å². The fourth-order valence-corrected chi connectivity index (χ4v) is 1.90. The first-order valence-corrected chi connectivity index (χ1v) is 6.05. The minimum absolute atomic E-state index is 0.304. The van der Waals surface area contributed by atoms with E-state index in [2.05, 4.69) is 4.98 Å². The summed E-state index contributed by atoms with van der Waals surface area (Å²) in [5.74, 6) is 1.35. The zero-order valence-electron chi connectivity index (χ0n) is 10.6. The largest absolute Gasteiger partial charge is 0.484 e. The maximum Gasteiger partial charge on any atom is 0.233 e. The van der Waals surface area contributed by atoms with Crippen LogP contribution in [0.3, 0.4) is 0 Å². The molecule has 0 aliphatic carbocycles. The third-order valence-electron chi connectivity index (χ3n) is 2.81. The summed E-state index contributed by atoms with van der Waals surface area (Å²) in [5.41, 5.74) is 8.99. The lowest BCUT2D eigenvalue weighted by Crippen LogP contribution is -1.95. The minimum Gasteiger partial charge on any atom is -0.484 e. The Hall–Kier alpha value is -2.49. The number of rotatable bonds is 3. The van der Waals surface area contributed by atoms with Gasteiger partial charge < -0.3 is 14.9 Å². The molecule has 0 bridgehead atoms. The van der Waals surface area contributed by atoms with Crippen molar-refractivity contribution in [1.82, 2.24) is 4.98 Å². The molecule has 0 saturated carbocycles. The van der Waals surface area contributed by atoms with E-state index in [-0.39, 0.29) is 0 Å². The highest BCUT2D eigenvalue weighted by Crippen LogP contribution is 2.20. The molecule has 4 heteroatoms. The fourth-order valence-electron chi connectivity index (χ4n) is 1.90. The number of hydrogen-bond acceptors (Lipinski definition) is 4. The molecule has 3 aromatic rings. The van der Waals surface area contributed by atoms with Crippen molar-refractivity contribution < 1.29 is 9.15 Å². The van der Waals surface area contributed by atoms with Gasteiger partial charge in [0.2, 0.25) is 5.89 Å². The number of benzene rings is 2. The van der Waals surface area contributed by atoms with Crippen LogP contribution in [0.4, 0.5) is 5.69 Å². The molecular weight excluding hydrogens is 240 g/mol. The van der Waals surface area contributed by atoms with Crippen LogP contribution in [0.2, 0.25) is 0 Å². The highest BCUT2D eigenvalue weighted by Gasteiger charge is 2.06. The van der Waals surface area contributed by atoms with Crippen molar-refractivity contribution in [1.29, 1.82) is 0 Å². The molecule has 0 radical (unpaired) electrons. The number of hydrogen-bond donors (Lipinski definition) is 1. The van der Waals surface area contributed by atoms with Crippen LogP contribution in [0.25, 0.3) is 11.1 Å². The molecule has 19 heavy (non-hydrogen) atoms. The molecule has 3 rings (SSSR count). The summed E-state index contributed by atoms with van der Waals surface area (Å²) in [4.78, 5) is 4.34. The van der Waals surface area contributed by atoms with Crippen molar-refractivity contribution in [2.45, 2.75) is 13.5 Å². The van der Waals surface area contributed by atoms with Crippen LogP contribution in [0, 0.1) is 6.92 Å². The summed E-state index contributed by atoms with van der Waals surface area (Å²) < 4.78 is 11.2. The van der Waals surface area contributed by atoms with Crippen molar-refractivity contribution in [2.75, 3.05) is 5.73 Å². The number of aromatic nitrogens is 1. The van der Waals surface area contributed by atoms with Crippen LogP contribution < -0.4 is 10.5 Å². The Bertz CT molecular complexity index is 719. The van der Waals surface area contributed by atoms with E-state index < -0.39 is 0 Å². The zero-order chi connectivity index (χ0) is 13.2. The molecule has 0 aliphatic heterocycles. The van der Waals surface area contributed by atoms with Crippen molar-refractivity contribution in [3.05, 3.63) is 53.9 Å². The zero-order valence-corrected chi connectivity index (χ0v) is 10.6. The number of nitrogens with two attached hydrogens (primary N) is 1. The van der Waals surface area contributed by atoms with Crippen LogP contribution in [0.5, 0.6) is 5.75 Å². The predicted molar refractivity (Wildman–Crippen MR) is 73.9 cm³/mol. The first-order chi connectivity index (χ1) is 9.20. The number of nitrogens with zero attached hydrogens (tertiary/aromatic N) is 1. The molecule has 0 spiro atoms. The van der Waals surface area contributed by atoms with E-state index in [1.807, 2.05) is 37.3 Å². The van der Waals surface area contributed by atoms with Crippen molar-refractivity contribution in [3.63, 3.8) is 0 Å². The van der Waals surface area contributed by atoms with E-state index in [0.717, 1.165) is 16.8 Å². The van der Waals surface area contributed by atoms with Gasteiger partial charge in [-0.25, -0.2) is 4.98 Å². The average molecular weight is 254 g/mol. The molecule has 96 valence electrons. The normalized spacial score (nSPS) is 10.8. The number of oxazole rings is 1. The maximum absolute atomic E-state index is 5.70. The number of aryl methyl sites for hydroxylation is 1. The first-order valence-electron chi connectivity index (χ1n) is 6.05. The Morgan fingerprint density at radius 1 is 1.21 bits per heavy atom. The van der Waals surface area contributed by atoms with E-state index in [1.54, 1.807) is 12.1 Å². The first kappa shape index (κ1) is 11.6. The number of fused-ring (bicyclic) bond motifs is 1. The Labute approximate surface area is 110 Å². The molecule has 0 aliphatic rings. The summed E-state index contributed by atoms with van der Waals surface area (Å²) in [6, 6.07) is 13.3. The van der Waals surface area contributed by atoms with Gasteiger partial charge in [-0.05, 0) is 36.8 Å². The van der Waals surface area contributed by atoms with E-state index >= 15 is 0 Å². The topological polar surface area (TPSA) is 61.3 Å². The Morgan fingerprint density at radius 3 is 2.95 bits per heavy atom. The van der Waals surface area contributed by atoms with Crippen LogP contribution in [-0.4, -0.2) is 4.98 Å². The number of nitrogen functional groups attached to an aromatic ring is 1. The summed E-state index contributed by atoms with van der Waals surface area (Å²) in [5, 5.41) is 0. The molecule has 1 aromatic heterocycles. The lowest BCUT2D eigenvalue weighted by molar-refractivity contribution is 0.267. The minimum atomic E-state index is 0.304. The van der Waals surface area contributed by atoms with Crippen molar-refractivity contribution in [3.8, 4) is 5.75 Å². The second-order valence-corrected chi connectivity index (χ2v) is 4.44. The van der Waals surface area contributed by atoms with Gasteiger partial charge in [0.05, 0.1) is 0 Å². The quantitative estimate of drug-likeness (QED) is 0.728. The van der Waals surface area contributed by atoms with Gasteiger partial charge in [0, 0.05) is 11.8 Å². The predicted octanol–water partition coefficient (Wildman–Crippen LogP) is 3.30. The number of ether oxygens (including phenoxy) is 1. The van der Waals surface area contributed by atoms with Gasteiger partial charge in [0.1, 0.15) is 11.3 Å². The third-order valence-corrected chi connectivity index (χ3v) is 2.81. The number of anilines is 1. The lowest BCUT2D eigenvalue weighted by atomic mass is 10.2. The van der Waals surface area contributed by atoms with Crippen molar-refractivity contribution in [2.24, 2.45) is 0 Å². The van der Waals surface area contributed by atoms with Gasteiger partial charge in [-0.1, -0.05) is 12.1 Å². The summed E-state index contributed by atoms with van der Waals surface area (Å²) in [6.07, 6.45) is 0. The molecule has 2 N–H and O–H groups in total. The van der Waals surface area contributed by atoms with E-state index in [4.69, 9.17) is 14.9 Å². The van der Waals surface area contributed by atoms with E-state index in [0.29, 0.717) is 23.8 Å². The Kier molecular flexibility index (Phi) is 2.83. The van der Waals surface area contributed by atoms with Gasteiger partial charge in [-0.2, -0.15) is 0 Å². The second kappa shape index (κ2) is 4.65. The van der Waals surface area contributed by atoms with Gasteiger partial charge in [0.15, 0.2) is 12.2 Å². The Morgan fingerprint density at radius 2 is 2.11 bits per heavy atom. The monoisotopic (exact) mass is 254 g/mol. The summed E-state index contributed by atoms with van der Waals surface area (Å²) >= 11 is 0. The molecule has 1 heterocycles. The lowest BCUT2D eigenvalue weighted by Gasteiger charge is -2.03. The van der Waals surface area contributed by atoms with Crippen LogP contribution in [0.15, 0.2) is 46.9 Å². The van der Waals surface area contributed by atoms with Crippen LogP contribution in [-0.2, 0) is 6.61 Å². The molecular formula is C15H14N2O2. The Balaban J connectivity index is 1.78. The molecule has 0 fully saturated rings. The molecule has 0 saturated heterocycles. The molecule has 2 aromatic carbocycles. The highest BCUT2D eigenvalue weighted by molar-refractivity contribution is 5.76. The SMILES string of the molecule is Cc1cccc(OCc2nc3ccc(N)cc3o2)c1. The van der Waals surface area contributed by atoms with Gasteiger partial charge in [0.25, 0.3) is 0 Å². The average Bonchev–Trinajstić information content (AvgIpc) is 2.78. The third kappa shape index (κ3) is 2.52. The summed E-state index contributed by atoms with van der Waals surface area (Å²) in [6.45, 7) is 2.33. The van der Waals surface area contributed by atoms with Gasteiger partial charge in [-0.15, -0.1) is 0 Å². The highest BCUT2D eigenvalue weighted by atomic mass is 16.5. The second-order valence-electron chi connectivity index (χ2n) is 4.44. The maximum atomic E-state index is 5.70. The molecule has 0 amide bonds. The van der Waals surface area contributed by atoms with Crippen LogP contribution >= 0.6 is 0 Å². The molecule has 0 atom stereocenters. The van der Waals surface area contributed by atoms with Crippen LogP contribution in [0.1, 0.15) is 11.5 Å². The van der Waals surface area contributed by atoms with Gasteiger partial charge >= 0.3 is 0 Å².